The lowest BCUT2D eigenvalue weighted by molar-refractivity contribution is -0.121. The summed E-state index contributed by atoms with van der Waals surface area (Å²) < 4.78 is 0. The molecule has 1 aliphatic rings. The molecule has 1 N–H and O–H groups in total. The molecule has 1 saturated carbocycles. The number of benzene rings is 1. The fourth-order valence-corrected chi connectivity index (χ4v) is 2.36. The molecule has 3 heteroatoms. The molecule has 1 unspecified atom stereocenters. The van der Waals surface area contributed by atoms with Gasteiger partial charge < -0.3 is 5.32 Å². The number of hydrogen-bond acceptors (Lipinski definition) is 2. The molecule has 99 valence electrons. The number of carbonyl (C=O) groups is 1. The van der Waals surface area contributed by atoms with Crippen LogP contribution in [-0.4, -0.2) is 11.9 Å². The minimum absolute atomic E-state index is 0.118. The lowest BCUT2D eigenvalue weighted by atomic mass is 9.95. The molecule has 0 bridgehead atoms. The number of aryl methyl sites for hydroxylation is 1. The average Bonchev–Trinajstić information content (AvgIpc) is 2.47. The number of nitriles is 1. The van der Waals surface area contributed by atoms with Crippen LogP contribution in [0.1, 0.15) is 43.2 Å². The molecule has 0 spiro atoms. The highest BCUT2D eigenvalue weighted by Gasteiger charge is 2.15. The number of amides is 1. The van der Waals surface area contributed by atoms with Gasteiger partial charge in [0.25, 0.3) is 0 Å². The van der Waals surface area contributed by atoms with E-state index in [9.17, 15) is 4.79 Å². The first-order valence-corrected chi connectivity index (χ1v) is 6.89. The molecule has 1 atom stereocenters. The average molecular weight is 255 g/mol. The molecule has 1 aromatic carbocycles. The molecule has 1 aliphatic carbocycles. The largest absolute Gasteiger partial charge is 0.353 e. The maximum absolute atomic E-state index is 11.8. The smallest absolute Gasteiger partial charge is 0.220 e. The van der Waals surface area contributed by atoms with Crippen molar-refractivity contribution in [2.75, 3.05) is 0 Å². The topological polar surface area (TPSA) is 52.9 Å². The minimum Gasteiger partial charge on any atom is -0.353 e. The number of nitrogens with one attached hydrogen (secondary N) is 1. The highest BCUT2D eigenvalue weighted by Crippen LogP contribution is 2.16. The second-order valence-electron chi connectivity index (χ2n) is 5.00. The maximum Gasteiger partial charge on any atom is 0.220 e. The molecule has 0 heterocycles. The van der Waals surface area contributed by atoms with Crippen LogP contribution in [0, 0.1) is 17.8 Å². The Morgan fingerprint density at radius 2 is 2.11 bits per heavy atom. The Kier molecular flexibility index (Phi) is 4.97. The van der Waals surface area contributed by atoms with E-state index in [2.05, 4.69) is 17.8 Å². The van der Waals surface area contributed by atoms with Crippen molar-refractivity contribution < 1.29 is 4.79 Å². The van der Waals surface area contributed by atoms with Gasteiger partial charge in [-0.3, -0.25) is 4.79 Å². The van der Waals surface area contributed by atoms with E-state index in [4.69, 9.17) is 5.26 Å². The molecular weight excluding hydrogens is 236 g/mol. The van der Waals surface area contributed by atoms with Gasteiger partial charge >= 0.3 is 0 Å². The third kappa shape index (κ3) is 4.40. The summed E-state index contributed by atoms with van der Waals surface area (Å²) in [5, 5.41) is 11.8. The first kappa shape index (κ1) is 13.6. The fraction of sp³-hybridized carbons (Fsp3) is 0.438. The molecule has 0 saturated heterocycles. The van der Waals surface area contributed by atoms with Crippen molar-refractivity contribution in [3.8, 4) is 6.07 Å². The Hall–Kier alpha value is -1.82. The van der Waals surface area contributed by atoms with Crippen molar-refractivity contribution in [3.05, 3.63) is 41.8 Å². The zero-order valence-corrected chi connectivity index (χ0v) is 11.1. The second kappa shape index (κ2) is 6.94. The Balaban J connectivity index is 1.74. The van der Waals surface area contributed by atoms with Crippen LogP contribution in [0.2, 0.25) is 0 Å². The summed E-state index contributed by atoms with van der Waals surface area (Å²) in [6.07, 6.45) is 8.08. The van der Waals surface area contributed by atoms with Crippen LogP contribution < -0.4 is 5.32 Å². The predicted octanol–water partition coefficient (Wildman–Crippen LogP) is 2.75. The summed E-state index contributed by atoms with van der Waals surface area (Å²) in [7, 11) is 0. The van der Waals surface area contributed by atoms with E-state index in [1.165, 1.54) is 12.8 Å². The molecule has 0 aliphatic heterocycles. The van der Waals surface area contributed by atoms with E-state index in [1.807, 2.05) is 12.1 Å². The quantitative estimate of drug-likeness (QED) is 0.899. The first-order valence-electron chi connectivity index (χ1n) is 6.89. The van der Waals surface area contributed by atoms with Crippen LogP contribution in [0.25, 0.3) is 0 Å². The summed E-state index contributed by atoms with van der Waals surface area (Å²) in [4.78, 5) is 11.8. The maximum atomic E-state index is 11.8. The SMILES string of the molecule is N#Cc1ccc(CCC(=O)NC2[CH]CCCC2)cc1. The highest BCUT2D eigenvalue weighted by atomic mass is 16.1. The number of hydrogen-bond donors (Lipinski definition) is 1. The Labute approximate surface area is 114 Å². The molecule has 0 aromatic heterocycles. The van der Waals surface area contributed by atoms with Gasteiger partial charge in [0.1, 0.15) is 0 Å². The zero-order chi connectivity index (χ0) is 13.5. The highest BCUT2D eigenvalue weighted by molar-refractivity contribution is 5.76. The van der Waals surface area contributed by atoms with Crippen LogP contribution in [0.5, 0.6) is 0 Å². The molecule has 1 fully saturated rings. The van der Waals surface area contributed by atoms with Gasteiger partial charge in [-0.15, -0.1) is 0 Å². The van der Waals surface area contributed by atoms with E-state index in [-0.39, 0.29) is 11.9 Å². The number of rotatable bonds is 4. The zero-order valence-electron chi connectivity index (χ0n) is 11.1. The van der Waals surface area contributed by atoms with Gasteiger partial charge in [0, 0.05) is 12.5 Å². The van der Waals surface area contributed by atoms with Gasteiger partial charge in [0.15, 0.2) is 0 Å². The van der Waals surface area contributed by atoms with E-state index < -0.39 is 0 Å². The van der Waals surface area contributed by atoms with E-state index in [0.717, 1.165) is 24.8 Å². The number of carbonyl (C=O) groups excluding carboxylic acids is 1. The van der Waals surface area contributed by atoms with Gasteiger partial charge in [-0.1, -0.05) is 25.0 Å². The lowest BCUT2D eigenvalue weighted by Gasteiger charge is -2.22. The number of nitrogens with zero attached hydrogens (tertiary/aromatic N) is 1. The molecule has 19 heavy (non-hydrogen) atoms. The van der Waals surface area contributed by atoms with Crippen LogP contribution in [-0.2, 0) is 11.2 Å². The van der Waals surface area contributed by atoms with Crippen molar-refractivity contribution in [3.63, 3.8) is 0 Å². The molecule has 1 aromatic rings. The van der Waals surface area contributed by atoms with E-state index >= 15 is 0 Å². The molecular formula is C16H19N2O. The Morgan fingerprint density at radius 3 is 2.74 bits per heavy atom. The Morgan fingerprint density at radius 1 is 1.32 bits per heavy atom. The molecule has 3 nitrogen and oxygen atoms in total. The lowest BCUT2D eigenvalue weighted by Crippen LogP contribution is -2.36. The molecule has 1 radical (unpaired) electrons. The van der Waals surface area contributed by atoms with Crippen LogP contribution in [0.3, 0.4) is 0 Å². The third-order valence-electron chi connectivity index (χ3n) is 3.49. The van der Waals surface area contributed by atoms with Crippen LogP contribution in [0.15, 0.2) is 24.3 Å². The predicted molar refractivity (Wildman–Crippen MR) is 74.2 cm³/mol. The van der Waals surface area contributed by atoms with E-state index in [0.29, 0.717) is 12.0 Å². The minimum atomic E-state index is 0.118. The van der Waals surface area contributed by atoms with Crippen molar-refractivity contribution in [2.24, 2.45) is 0 Å². The van der Waals surface area contributed by atoms with E-state index in [1.54, 1.807) is 12.1 Å². The van der Waals surface area contributed by atoms with Crippen LogP contribution >= 0.6 is 0 Å². The van der Waals surface area contributed by atoms with Crippen molar-refractivity contribution >= 4 is 5.91 Å². The molecule has 1 amide bonds. The van der Waals surface area contributed by atoms with Crippen molar-refractivity contribution in [1.82, 2.24) is 5.32 Å². The normalized spacial score (nSPS) is 15.7. The summed E-state index contributed by atoms with van der Waals surface area (Å²) in [5.74, 6) is 0.118. The van der Waals surface area contributed by atoms with Gasteiger partial charge in [0.05, 0.1) is 11.6 Å². The van der Waals surface area contributed by atoms with Gasteiger partial charge in [0.2, 0.25) is 5.91 Å². The molecule has 2 rings (SSSR count). The second-order valence-corrected chi connectivity index (χ2v) is 5.00. The monoisotopic (exact) mass is 255 g/mol. The Bertz CT molecular complexity index is 453. The van der Waals surface area contributed by atoms with Crippen molar-refractivity contribution in [2.45, 2.75) is 44.6 Å². The van der Waals surface area contributed by atoms with Gasteiger partial charge in [-0.2, -0.15) is 5.26 Å². The van der Waals surface area contributed by atoms with Crippen molar-refractivity contribution in [1.29, 1.82) is 5.26 Å². The summed E-state index contributed by atoms with van der Waals surface area (Å²) >= 11 is 0. The summed E-state index contributed by atoms with van der Waals surface area (Å²) in [6, 6.07) is 9.77. The first-order chi connectivity index (χ1) is 9.28. The fourth-order valence-electron chi connectivity index (χ4n) is 2.36. The third-order valence-corrected chi connectivity index (χ3v) is 3.49. The summed E-state index contributed by atoms with van der Waals surface area (Å²) in [5.41, 5.74) is 1.76. The van der Waals surface area contributed by atoms with Crippen LogP contribution in [0.4, 0.5) is 0 Å². The van der Waals surface area contributed by atoms with Gasteiger partial charge in [-0.05, 0) is 43.4 Å². The summed E-state index contributed by atoms with van der Waals surface area (Å²) in [6.45, 7) is 0. The standard InChI is InChI=1S/C16H19N2O/c17-12-14-8-6-13(7-9-14)10-11-16(19)18-15-4-2-1-3-5-15/h4,6-9,15H,1-3,5,10-11H2,(H,18,19). The van der Waals surface area contributed by atoms with Gasteiger partial charge in [-0.25, -0.2) is 0 Å².